The molecule has 2 heterocycles. The van der Waals surface area contributed by atoms with Gasteiger partial charge in [0.25, 0.3) is 5.56 Å². The van der Waals surface area contributed by atoms with Crippen LogP contribution in [0.2, 0.25) is 0 Å². The second-order valence-corrected chi connectivity index (χ2v) is 7.20. The summed E-state index contributed by atoms with van der Waals surface area (Å²) in [5.41, 5.74) is 2.50. The SMILES string of the molecule is N#Cc1ccc(/C=N\n2cnc3sc4c(c3c2=O)CCCCC4)cc1. The number of hydrogen-bond donors (Lipinski definition) is 0. The number of nitriles is 1. The molecule has 0 N–H and O–H groups in total. The Balaban J connectivity index is 1.74. The minimum atomic E-state index is -0.103. The van der Waals surface area contributed by atoms with Crippen molar-refractivity contribution in [3.8, 4) is 6.07 Å². The monoisotopic (exact) mass is 348 g/mol. The average Bonchev–Trinajstić information content (AvgIpc) is 2.84. The zero-order chi connectivity index (χ0) is 17.2. The molecular weight excluding hydrogens is 332 g/mol. The van der Waals surface area contributed by atoms with Crippen LogP contribution in [-0.4, -0.2) is 15.9 Å². The van der Waals surface area contributed by atoms with Crippen LogP contribution in [-0.2, 0) is 12.8 Å². The number of thiophene rings is 1. The van der Waals surface area contributed by atoms with Gasteiger partial charge < -0.3 is 0 Å². The summed E-state index contributed by atoms with van der Waals surface area (Å²) in [5, 5.41) is 13.8. The Morgan fingerprint density at radius 1 is 1.20 bits per heavy atom. The molecule has 0 unspecified atom stereocenters. The first-order chi connectivity index (χ1) is 12.3. The molecule has 6 heteroatoms. The maximum absolute atomic E-state index is 12.9. The van der Waals surface area contributed by atoms with Crippen LogP contribution in [0.4, 0.5) is 0 Å². The molecule has 3 aromatic rings. The van der Waals surface area contributed by atoms with Gasteiger partial charge in [-0.15, -0.1) is 11.3 Å². The fourth-order valence-electron chi connectivity index (χ4n) is 3.17. The third-order valence-corrected chi connectivity index (χ3v) is 5.68. The first-order valence-electron chi connectivity index (χ1n) is 8.32. The smallest absolute Gasteiger partial charge is 0.267 e. The van der Waals surface area contributed by atoms with Crippen molar-refractivity contribution in [1.82, 2.24) is 9.66 Å². The fourth-order valence-corrected chi connectivity index (χ4v) is 4.39. The number of aryl methyl sites for hydroxylation is 2. The van der Waals surface area contributed by atoms with E-state index in [1.807, 2.05) is 0 Å². The lowest BCUT2D eigenvalue weighted by molar-refractivity contribution is 0.713. The highest BCUT2D eigenvalue weighted by Crippen LogP contribution is 2.32. The molecule has 5 nitrogen and oxygen atoms in total. The minimum Gasteiger partial charge on any atom is -0.267 e. The van der Waals surface area contributed by atoms with E-state index in [-0.39, 0.29) is 5.56 Å². The average molecular weight is 348 g/mol. The van der Waals surface area contributed by atoms with E-state index in [0.29, 0.717) is 5.56 Å². The first kappa shape index (κ1) is 15.7. The maximum atomic E-state index is 12.9. The third-order valence-electron chi connectivity index (χ3n) is 4.48. The summed E-state index contributed by atoms with van der Waals surface area (Å²) < 4.78 is 1.30. The van der Waals surface area contributed by atoms with Crippen LogP contribution in [0.3, 0.4) is 0 Å². The molecule has 0 saturated carbocycles. The number of rotatable bonds is 2. The molecule has 0 atom stereocenters. The van der Waals surface area contributed by atoms with Crippen molar-refractivity contribution in [2.24, 2.45) is 5.10 Å². The molecule has 0 aliphatic heterocycles. The Bertz CT molecular complexity index is 1050. The lowest BCUT2D eigenvalue weighted by Crippen LogP contribution is -2.17. The van der Waals surface area contributed by atoms with E-state index in [1.165, 1.54) is 34.3 Å². The molecule has 0 saturated heterocycles. The summed E-state index contributed by atoms with van der Waals surface area (Å²) in [6, 6.07) is 9.14. The van der Waals surface area contributed by atoms with E-state index in [1.54, 1.807) is 41.8 Å². The van der Waals surface area contributed by atoms with E-state index in [4.69, 9.17) is 5.26 Å². The minimum absolute atomic E-state index is 0.103. The summed E-state index contributed by atoms with van der Waals surface area (Å²) in [4.78, 5) is 19.4. The highest BCUT2D eigenvalue weighted by molar-refractivity contribution is 7.18. The molecule has 0 amide bonds. The summed E-state index contributed by atoms with van der Waals surface area (Å²) in [5.74, 6) is 0. The van der Waals surface area contributed by atoms with E-state index >= 15 is 0 Å². The molecule has 0 radical (unpaired) electrons. The van der Waals surface area contributed by atoms with E-state index in [0.717, 1.165) is 35.0 Å². The van der Waals surface area contributed by atoms with Gasteiger partial charge in [-0.3, -0.25) is 4.79 Å². The molecule has 124 valence electrons. The van der Waals surface area contributed by atoms with Gasteiger partial charge in [-0.1, -0.05) is 18.6 Å². The lowest BCUT2D eigenvalue weighted by Gasteiger charge is -2.00. The fraction of sp³-hybridized carbons (Fsp3) is 0.263. The van der Waals surface area contributed by atoms with Gasteiger partial charge in [-0.25, -0.2) is 4.98 Å². The normalized spacial score (nSPS) is 14.4. The topological polar surface area (TPSA) is 71.0 Å². The van der Waals surface area contributed by atoms with Gasteiger partial charge in [0.1, 0.15) is 11.2 Å². The summed E-state index contributed by atoms with van der Waals surface area (Å²) in [6.07, 6.45) is 8.63. The molecule has 0 fully saturated rings. The van der Waals surface area contributed by atoms with Crippen molar-refractivity contribution in [2.75, 3.05) is 0 Å². The van der Waals surface area contributed by atoms with Crippen LogP contribution in [0.15, 0.2) is 40.5 Å². The van der Waals surface area contributed by atoms with Gasteiger partial charge >= 0.3 is 0 Å². The Labute approximate surface area is 148 Å². The van der Waals surface area contributed by atoms with Crippen molar-refractivity contribution in [3.05, 3.63) is 62.5 Å². The Morgan fingerprint density at radius 3 is 2.80 bits per heavy atom. The van der Waals surface area contributed by atoms with E-state index in [9.17, 15) is 4.79 Å². The molecule has 0 spiro atoms. The van der Waals surface area contributed by atoms with Crippen LogP contribution in [0, 0.1) is 11.3 Å². The quantitative estimate of drug-likeness (QED) is 0.526. The maximum Gasteiger partial charge on any atom is 0.282 e. The van der Waals surface area contributed by atoms with Crippen LogP contribution in [0.5, 0.6) is 0 Å². The predicted octanol–water partition coefficient (Wildman–Crippen LogP) is 3.48. The number of fused-ring (bicyclic) bond motifs is 3. The van der Waals surface area contributed by atoms with E-state index < -0.39 is 0 Å². The predicted molar refractivity (Wildman–Crippen MR) is 99.3 cm³/mol. The third kappa shape index (κ3) is 2.99. The zero-order valence-corrected chi connectivity index (χ0v) is 14.4. The van der Waals surface area contributed by atoms with Gasteiger partial charge in [0, 0.05) is 4.88 Å². The number of nitrogens with zero attached hydrogens (tertiary/aromatic N) is 4. The second kappa shape index (κ2) is 6.61. The van der Waals surface area contributed by atoms with Crippen LogP contribution >= 0.6 is 11.3 Å². The molecule has 1 aliphatic carbocycles. The molecule has 0 bridgehead atoms. The standard InChI is InChI=1S/C19H16N4OS/c20-10-13-6-8-14(9-7-13)11-22-23-12-21-18-17(19(23)24)15-4-2-1-3-5-16(15)25-18/h6-9,11-12H,1-5H2/b22-11-. The van der Waals surface area contributed by atoms with Gasteiger partial charge in [-0.05, 0) is 48.9 Å². The van der Waals surface area contributed by atoms with E-state index in [2.05, 4.69) is 16.2 Å². The van der Waals surface area contributed by atoms with Crippen molar-refractivity contribution < 1.29 is 0 Å². The van der Waals surface area contributed by atoms with Gasteiger partial charge in [0.2, 0.25) is 0 Å². The van der Waals surface area contributed by atoms with Crippen molar-refractivity contribution in [1.29, 1.82) is 5.26 Å². The Hall–Kier alpha value is -2.78. The molecule has 1 aromatic carbocycles. The van der Waals surface area contributed by atoms with Crippen molar-refractivity contribution in [3.63, 3.8) is 0 Å². The van der Waals surface area contributed by atoms with Crippen LogP contribution < -0.4 is 5.56 Å². The largest absolute Gasteiger partial charge is 0.282 e. The van der Waals surface area contributed by atoms with Crippen LogP contribution in [0.25, 0.3) is 10.2 Å². The van der Waals surface area contributed by atoms with Crippen molar-refractivity contribution in [2.45, 2.75) is 32.1 Å². The lowest BCUT2D eigenvalue weighted by atomic mass is 10.1. The highest BCUT2D eigenvalue weighted by Gasteiger charge is 2.18. The van der Waals surface area contributed by atoms with Gasteiger partial charge in [0.15, 0.2) is 0 Å². The Kier molecular flexibility index (Phi) is 4.16. The first-order valence-corrected chi connectivity index (χ1v) is 9.14. The summed E-state index contributed by atoms with van der Waals surface area (Å²) in [6.45, 7) is 0. The Morgan fingerprint density at radius 2 is 2.00 bits per heavy atom. The molecule has 4 rings (SSSR count). The zero-order valence-electron chi connectivity index (χ0n) is 13.6. The van der Waals surface area contributed by atoms with Crippen molar-refractivity contribution >= 4 is 27.8 Å². The number of aromatic nitrogens is 2. The second-order valence-electron chi connectivity index (χ2n) is 6.12. The number of hydrogen-bond acceptors (Lipinski definition) is 5. The highest BCUT2D eigenvalue weighted by atomic mass is 32.1. The van der Waals surface area contributed by atoms with Crippen LogP contribution in [0.1, 0.15) is 40.8 Å². The van der Waals surface area contributed by atoms with Gasteiger partial charge in [0.05, 0.1) is 23.2 Å². The number of benzene rings is 1. The summed E-state index contributed by atoms with van der Waals surface area (Å²) in [7, 11) is 0. The molecule has 1 aliphatic rings. The molecular formula is C19H16N4OS. The molecule has 2 aromatic heterocycles. The summed E-state index contributed by atoms with van der Waals surface area (Å²) >= 11 is 1.65. The van der Waals surface area contributed by atoms with Gasteiger partial charge in [-0.2, -0.15) is 15.0 Å². The molecule has 25 heavy (non-hydrogen) atoms.